The number of benzene rings is 1. The third kappa shape index (κ3) is 5.25. The summed E-state index contributed by atoms with van der Waals surface area (Å²) in [6.07, 6.45) is 0.998. The van der Waals surface area contributed by atoms with Crippen LogP contribution in [-0.2, 0) is 4.74 Å². The van der Waals surface area contributed by atoms with Crippen LogP contribution in [0.15, 0.2) is 46.3 Å². The third-order valence-electron chi connectivity index (χ3n) is 6.38. The van der Waals surface area contributed by atoms with Gasteiger partial charge in [0.25, 0.3) is 5.56 Å². The van der Waals surface area contributed by atoms with E-state index in [1.54, 1.807) is 25.6 Å². The fraction of sp³-hybridized carbons (Fsp3) is 0.385. The molecular formula is C26H29N5O3S2. The number of esters is 1. The van der Waals surface area contributed by atoms with E-state index >= 15 is 0 Å². The normalized spacial score (nSPS) is 14.6. The summed E-state index contributed by atoms with van der Waals surface area (Å²) in [6.45, 7) is 8.77. The van der Waals surface area contributed by atoms with E-state index in [-0.39, 0.29) is 5.56 Å². The number of fused-ring (bicyclic) bond motifs is 2. The van der Waals surface area contributed by atoms with E-state index in [0.29, 0.717) is 32.4 Å². The molecule has 4 heterocycles. The maximum Gasteiger partial charge on any atom is 0.348 e. The van der Waals surface area contributed by atoms with Crippen molar-refractivity contribution in [2.45, 2.75) is 25.4 Å². The minimum absolute atomic E-state index is 0.203. The van der Waals surface area contributed by atoms with Crippen molar-refractivity contribution in [1.82, 2.24) is 19.9 Å². The summed E-state index contributed by atoms with van der Waals surface area (Å²) in [5.41, 5.74) is 1.47. The van der Waals surface area contributed by atoms with Crippen molar-refractivity contribution in [2.75, 3.05) is 50.0 Å². The average Bonchev–Trinajstić information content (AvgIpc) is 3.23. The zero-order chi connectivity index (χ0) is 25.1. The largest absolute Gasteiger partial charge is 0.462 e. The first-order valence-corrected chi connectivity index (χ1v) is 14.0. The summed E-state index contributed by atoms with van der Waals surface area (Å²) < 4.78 is 5.11. The second kappa shape index (κ2) is 11.0. The molecule has 0 bridgehead atoms. The molecule has 0 amide bonds. The van der Waals surface area contributed by atoms with E-state index in [9.17, 15) is 9.59 Å². The summed E-state index contributed by atoms with van der Waals surface area (Å²) in [5.74, 6) is 1.50. The van der Waals surface area contributed by atoms with E-state index in [4.69, 9.17) is 9.72 Å². The summed E-state index contributed by atoms with van der Waals surface area (Å²) in [5, 5.41) is 2.24. The Bertz CT molecular complexity index is 1440. The highest BCUT2D eigenvalue weighted by Crippen LogP contribution is 2.29. The highest BCUT2D eigenvalue weighted by Gasteiger charge is 2.21. The Hall–Kier alpha value is -2.95. The van der Waals surface area contributed by atoms with Crippen LogP contribution < -0.4 is 10.5 Å². The van der Waals surface area contributed by atoms with Gasteiger partial charge in [-0.3, -0.25) is 9.69 Å². The fourth-order valence-corrected chi connectivity index (χ4v) is 6.39. The van der Waals surface area contributed by atoms with Crippen molar-refractivity contribution in [3.05, 3.63) is 57.2 Å². The number of nitrogens with zero attached hydrogens (tertiary/aromatic N) is 4. The first kappa shape index (κ1) is 24.7. The van der Waals surface area contributed by atoms with Gasteiger partial charge in [-0.2, -0.15) is 0 Å². The number of thiophene rings is 1. The van der Waals surface area contributed by atoms with Crippen molar-refractivity contribution in [3.8, 4) is 0 Å². The number of thioether (sulfide) groups is 1. The highest BCUT2D eigenvalue weighted by atomic mass is 32.2. The molecule has 0 atom stereocenters. The Balaban J connectivity index is 1.12. The van der Waals surface area contributed by atoms with Crippen LogP contribution in [0.2, 0.25) is 0 Å². The number of carbonyl (C=O) groups excluding carboxylic acids is 1. The number of carbonyl (C=O) groups is 1. The van der Waals surface area contributed by atoms with E-state index in [0.717, 1.165) is 56.2 Å². The van der Waals surface area contributed by atoms with Gasteiger partial charge in [-0.1, -0.05) is 30.0 Å². The minimum atomic E-state index is -0.400. The Morgan fingerprint density at radius 3 is 2.75 bits per heavy atom. The Morgan fingerprint density at radius 1 is 1.14 bits per heavy atom. The van der Waals surface area contributed by atoms with Gasteiger partial charge in [-0.25, -0.2) is 14.8 Å². The number of para-hydroxylation sites is 1. The molecule has 1 aliphatic rings. The number of pyridine rings is 1. The Labute approximate surface area is 217 Å². The van der Waals surface area contributed by atoms with Crippen LogP contribution in [0.4, 0.5) is 5.82 Å². The van der Waals surface area contributed by atoms with Crippen LogP contribution in [0.1, 0.15) is 28.6 Å². The molecule has 0 saturated carbocycles. The Morgan fingerprint density at radius 2 is 1.94 bits per heavy atom. The predicted octanol–water partition coefficient (Wildman–Crippen LogP) is 4.32. The number of hydrogen-bond acceptors (Lipinski definition) is 9. The van der Waals surface area contributed by atoms with Crippen LogP contribution in [0.5, 0.6) is 0 Å². The molecule has 1 N–H and O–H groups in total. The minimum Gasteiger partial charge on any atom is -0.462 e. The number of aromatic amines is 1. The number of nitrogens with one attached hydrogen (secondary N) is 1. The van der Waals surface area contributed by atoms with Crippen LogP contribution >= 0.6 is 23.1 Å². The number of ether oxygens (including phenoxy) is 1. The van der Waals surface area contributed by atoms with Crippen LogP contribution in [0, 0.1) is 6.92 Å². The van der Waals surface area contributed by atoms with E-state index in [1.165, 1.54) is 16.7 Å². The average molecular weight is 524 g/mol. The molecule has 0 radical (unpaired) electrons. The number of piperazine rings is 1. The van der Waals surface area contributed by atoms with Gasteiger partial charge >= 0.3 is 5.97 Å². The molecule has 1 aromatic carbocycles. The zero-order valence-corrected chi connectivity index (χ0v) is 22.1. The van der Waals surface area contributed by atoms with Crippen molar-refractivity contribution in [3.63, 3.8) is 0 Å². The lowest BCUT2D eigenvalue weighted by Gasteiger charge is -2.35. The van der Waals surface area contributed by atoms with Gasteiger partial charge in [0.15, 0.2) is 5.16 Å². The van der Waals surface area contributed by atoms with Gasteiger partial charge in [-0.05, 0) is 50.6 Å². The van der Waals surface area contributed by atoms with Gasteiger partial charge in [0.05, 0.1) is 17.5 Å². The van der Waals surface area contributed by atoms with Crippen LogP contribution in [-0.4, -0.2) is 70.9 Å². The van der Waals surface area contributed by atoms with E-state index < -0.39 is 5.97 Å². The molecule has 5 rings (SSSR count). The topological polar surface area (TPSA) is 91.4 Å². The Kier molecular flexibility index (Phi) is 7.54. The molecular weight excluding hydrogens is 494 g/mol. The molecule has 0 unspecified atom stereocenters. The van der Waals surface area contributed by atoms with Crippen molar-refractivity contribution in [1.29, 1.82) is 0 Å². The number of anilines is 1. The summed E-state index contributed by atoms with van der Waals surface area (Å²) in [6, 6.07) is 12.5. The third-order valence-corrected chi connectivity index (χ3v) is 8.50. The van der Waals surface area contributed by atoms with Crippen LogP contribution in [0.3, 0.4) is 0 Å². The second-order valence-corrected chi connectivity index (χ2v) is 10.8. The monoisotopic (exact) mass is 523 g/mol. The molecule has 8 nitrogen and oxygen atoms in total. The van der Waals surface area contributed by atoms with Gasteiger partial charge in [0.1, 0.15) is 15.5 Å². The van der Waals surface area contributed by atoms with Crippen LogP contribution in [0.25, 0.3) is 21.1 Å². The molecule has 4 aromatic rings. The first-order valence-electron chi connectivity index (χ1n) is 12.2. The van der Waals surface area contributed by atoms with Crippen molar-refractivity contribution in [2.24, 2.45) is 0 Å². The predicted molar refractivity (Wildman–Crippen MR) is 147 cm³/mol. The molecule has 1 aliphatic heterocycles. The number of aromatic nitrogens is 3. The van der Waals surface area contributed by atoms with Crippen molar-refractivity contribution >= 4 is 56.0 Å². The molecule has 10 heteroatoms. The molecule has 0 spiro atoms. The maximum atomic E-state index is 12.6. The molecule has 1 fully saturated rings. The lowest BCUT2D eigenvalue weighted by atomic mass is 10.2. The maximum absolute atomic E-state index is 12.6. The summed E-state index contributed by atoms with van der Waals surface area (Å²) in [7, 11) is 0. The first-order chi connectivity index (χ1) is 17.5. The van der Waals surface area contributed by atoms with Gasteiger partial charge in [0.2, 0.25) is 0 Å². The molecule has 188 valence electrons. The molecule has 3 aromatic heterocycles. The summed E-state index contributed by atoms with van der Waals surface area (Å²) >= 11 is 2.77. The standard InChI is InChI=1S/C26H29N5O3S2/c1-3-34-25(33)22-17(2)21-23(32)28-26(29-24(21)36-22)35-16-6-11-30-12-14-31(15-13-30)20-10-9-18-7-4-5-8-19(18)27-20/h4-5,7-10H,3,6,11-16H2,1-2H3,(H,28,29,32). The second-order valence-electron chi connectivity index (χ2n) is 8.72. The fourth-order valence-electron chi connectivity index (χ4n) is 4.47. The van der Waals surface area contributed by atoms with Gasteiger partial charge < -0.3 is 14.6 Å². The lowest BCUT2D eigenvalue weighted by molar-refractivity contribution is 0.0531. The number of rotatable bonds is 8. The number of aryl methyl sites for hydroxylation is 1. The zero-order valence-electron chi connectivity index (χ0n) is 20.5. The molecule has 0 aliphatic carbocycles. The van der Waals surface area contributed by atoms with Crippen molar-refractivity contribution < 1.29 is 9.53 Å². The van der Waals surface area contributed by atoms with E-state index in [2.05, 4.69) is 44.0 Å². The van der Waals surface area contributed by atoms with Gasteiger partial charge in [0, 0.05) is 37.3 Å². The number of hydrogen-bond donors (Lipinski definition) is 1. The quantitative estimate of drug-likeness (QED) is 0.158. The highest BCUT2D eigenvalue weighted by molar-refractivity contribution is 7.99. The molecule has 36 heavy (non-hydrogen) atoms. The summed E-state index contributed by atoms with van der Waals surface area (Å²) in [4.78, 5) is 43.0. The SMILES string of the molecule is CCOC(=O)c1sc2nc(SCCCN3CCN(c4ccc5ccccc5n4)CC3)[nH]c(=O)c2c1C. The van der Waals surface area contributed by atoms with Gasteiger partial charge in [-0.15, -0.1) is 11.3 Å². The molecule has 1 saturated heterocycles. The van der Waals surface area contributed by atoms with E-state index in [1.807, 2.05) is 12.1 Å². The lowest BCUT2D eigenvalue weighted by Crippen LogP contribution is -2.47. The number of H-pyrrole nitrogens is 1. The smallest absolute Gasteiger partial charge is 0.348 e.